The van der Waals surface area contributed by atoms with E-state index in [1.165, 1.54) is 5.01 Å². The van der Waals surface area contributed by atoms with Gasteiger partial charge in [0.2, 0.25) is 0 Å². The van der Waals surface area contributed by atoms with Gasteiger partial charge < -0.3 is 4.90 Å². The van der Waals surface area contributed by atoms with Gasteiger partial charge in [0, 0.05) is 53.4 Å². The first-order valence-electron chi connectivity index (χ1n) is 7.32. The van der Waals surface area contributed by atoms with Crippen LogP contribution < -0.4 is 4.90 Å². The largest absolute Gasteiger partial charge is 0.347 e. The Bertz CT molecular complexity index is 765. The third-order valence-corrected chi connectivity index (χ3v) is 5.92. The molecule has 0 N–H and O–H groups in total. The zero-order valence-corrected chi connectivity index (χ0v) is 13.9. The number of hydrogen-bond donors (Lipinski definition) is 0. The van der Waals surface area contributed by atoms with Gasteiger partial charge in [-0.1, -0.05) is 0 Å². The number of anilines is 1. The summed E-state index contributed by atoms with van der Waals surface area (Å²) in [7, 11) is 0. The van der Waals surface area contributed by atoms with Crippen LogP contribution in [0.2, 0.25) is 0 Å². The lowest BCUT2D eigenvalue weighted by atomic mass is 10.1. The van der Waals surface area contributed by atoms with E-state index in [2.05, 4.69) is 38.6 Å². The van der Waals surface area contributed by atoms with Gasteiger partial charge in [0.25, 0.3) is 0 Å². The number of pyridine rings is 1. The molecule has 0 saturated carbocycles. The second kappa shape index (κ2) is 5.78. The highest BCUT2D eigenvalue weighted by Gasteiger charge is 2.27. The van der Waals surface area contributed by atoms with Crippen LogP contribution in [0.1, 0.15) is 23.0 Å². The summed E-state index contributed by atoms with van der Waals surface area (Å²) >= 11 is 3.50. The van der Waals surface area contributed by atoms with E-state index in [9.17, 15) is 0 Å². The van der Waals surface area contributed by atoms with Crippen molar-refractivity contribution < 1.29 is 0 Å². The van der Waals surface area contributed by atoms with Crippen LogP contribution >= 0.6 is 22.7 Å². The summed E-state index contributed by atoms with van der Waals surface area (Å²) in [6.07, 6.45) is 4.82. The fourth-order valence-corrected chi connectivity index (χ4v) is 4.55. The van der Waals surface area contributed by atoms with Crippen molar-refractivity contribution in [1.82, 2.24) is 15.0 Å². The quantitative estimate of drug-likeness (QED) is 0.730. The lowest BCUT2D eigenvalue weighted by Crippen LogP contribution is -2.18. The summed E-state index contributed by atoms with van der Waals surface area (Å²) < 4.78 is 0. The number of nitrogens with zero attached hydrogens (tertiary/aromatic N) is 4. The van der Waals surface area contributed by atoms with E-state index in [1.807, 2.05) is 12.3 Å². The SMILES string of the molecule is Cc1csc(C2CCN(c3nc(-c4cccnc4)cs3)C2)n1. The highest BCUT2D eigenvalue weighted by atomic mass is 32.1. The Hall–Kier alpha value is -1.79. The van der Waals surface area contributed by atoms with Gasteiger partial charge in [0.05, 0.1) is 10.7 Å². The molecule has 0 radical (unpaired) electrons. The second-order valence-corrected chi connectivity index (χ2v) is 7.24. The van der Waals surface area contributed by atoms with Crippen molar-refractivity contribution >= 4 is 27.8 Å². The van der Waals surface area contributed by atoms with E-state index >= 15 is 0 Å². The minimum absolute atomic E-state index is 0.546. The maximum atomic E-state index is 4.78. The molecule has 0 amide bonds. The molecule has 1 aliphatic heterocycles. The first kappa shape index (κ1) is 13.8. The maximum absolute atomic E-state index is 4.78. The number of aryl methyl sites for hydroxylation is 1. The average molecular weight is 328 g/mol. The van der Waals surface area contributed by atoms with Crippen LogP contribution in [0.3, 0.4) is 0 Å². The zero-order valence-electron chi connectivity index (χ0n) is 12.3. The van der Waals surface area contributed by atoms with Gasteiger partial charge in [0.15, 0.2) is 5.13 Å². The maximum Gasteiger partial charge on any atom is 0.185 e. The standard InChI is InChI=1S/C16H16N4S2/c1-11-9-21-15(18-11)13-4-6-20(8-13)16-19-14(10-22-16)12-3-2-5-17-7-12/h2-3,5,7,9-10,13H,4,6,8H2,1H3. The monoisotopic (exact) mass is 328 g/mol. The summed E-state index contributed by atoms with van der Waals surface area (Å²) in [6, 6.07) is 4.00. The Morgan fingerprint density at radius 1 is 1.23 bits per heavy atom. The molecule has 1 unspecified atom stereocenters. The Kier molecular flexibility index (Phi) is 3.63. The van der Waals surface area contributed by atoms with Gasteiger partial charge in [-0.15, -0.1) is 22.7 Å². The molecule has 0 spiro atoms. The van der Waals surface area contributed by atoms with Gasteiger partial charge in [-0.05, 0) is 25.5 Å². The van der Waals surface area contributed by atoms with Crippen molar-refractivity contribution in [2.75, 3.05) is 18.0 Å². The third kappa shape index (κ3) is 2.64. The fourth-order valence-electron chi connectivity index (χ4n) is 2.75. The van der Waals surface area contributed by atoms with Crippen LogP contribution in [0.5, 0.6) is 0 Å². The van der Waals surface area contributed by atoms with Crippen molar-refractivity contribution in [3.8, 4) is 11.3 Å². The first-order valence-corrected chi connectivity index (χ1v) is 9.08. The molecule has 6 heteroatoms. The molecule has 22 heavy (non-hydrogen) atoms. The topological polar surface area (TPSA) is 41.9 Å². The lowest BCUT2D eigenvalue weighted by molar-refractivity contribution is 0.763. The Balaban J connectivity index is 1.51. The average Bonchev–Trinajstić information content (AvgIpc) is 3.27. The second-order valence-electron chi connectivity index (χ2n) is 5.52. The van der Waals surface area contributed by atoms with Crippen LogP contribution in [-0.4, -0.2) is 28.0 Å². The molecule has 1 aliphatic rings. The molecule has 4 rings (SSSR count). The van der Waals surface area contributed by atoms with Crippen molar-refractivity contribution in [2.45, 2.75) is 19.3 Å². The lowest BCUT2D eigenvalue weighted by Gasteiger charge is -2.13. The number of thiazole rings is 2. The van der Waals surface area contributed by atoms with Gasteiger partial charge in [-0.2, -0.15) is 0 Å². The summed E-state index contributed by atoms with van der Waals surface area (Å²) in [6.45, 7) is 4.14. The van der Waals surface area contributed by atoms with Crippen molar-refractivity contribution in [3.63, 3.8) is 0 Å². The normalized spacial score (nSPS) is 18.0. The Morgan fingerprint density at radius 3 is 2.95 bits per heavy atom. The summed E-state index contributed by atoms with van der Waals surface area (Å²) in [5.74, 6) is 0.546. The fraction of sp³-hybridized carbons (Fsp3) is 0.312. The van der Waals surface area contributed by atoms with Crippen molar-refractivity contribution in [3.05, 3.63) is 46.0 Å². The molecular weight excluding hydrogens is 312 g/mol. The van der Waals surface area contributed by atoms with E-state index < -0.39 is 0 Å². The van der Waals surface area contributed by atoms with Crippen molar-refractivity contribution in [1.29, 1.82) is 0 Å². The van der Waals surface area contributed by atoms with E-state index in [4.69, 9.17) is 4.98 Å². The Labute approximate surface area is 137 Å². The number of rotatable bonds is 3. The predicted octanol–water partition coefficient (Wildman–Crippen LogP) is 3.96. The van der Waals surface area contributed by atoms with Gasteiger partial charge in [0.1, 0.15) is 0 Å². The molecular formula is C16H16N4S2. The predicted molar refractivity (Wildman–Crippen MR) is 91.8 cm³/mol. The van der Waals surface area contributed by atoms with E-state index in [0.717, 1.165) is 41.6 Å². The molecule has 0 bridgehead atoms. The van der Waals surface area contributed by atoms with Gasteiger partial charge >= 0.3 is 0 Å². The molecule has 112 valence electrons. The molecule has 1 fully saturated rings. The van der Waals surface area contributed by atoms with Crippen LogP contribution in [0.4, 0.5) is 5.13 Å². The summed E-state index contributed by atoms with van der Waals surface area (Å²) in [4.78, 5) is 16.0. The Morgan fingerprint density at radius 2 is 2.18 bits per heavy atom. The smallest absolute Gasteiger partial charge is 0.185 e. The highest BCUT2D eigenvalue weighted by Crippen LogP contribution is 2.35. The van der Waals surface area contributed by atoms with Crippen LogP contribution in [0.25, 0.3) is 11.3 Å². The highest BCUT2D eigenvalue weighted by molar-refractivity contribution is 7.14. The molecule has 3 aromatic rings. The molecule has 1 saturated heterocycles. The zero-order chi connectivity index (χ0) is 14.9. The van der Waals surface area contributed by atoms with E-state index in [1.54, 1.807) is 28.9 Å². The first-order chi connectivity index (χ1) is 10.8. The van der Waals surface area contributed by atoms with Crippen LogP contribution in [0.15, 0.2) is 35.3 Å². The molecule has 0 aromatic carbocycles. The molecule has 4 heterocycles. The minimum atomic E-state index is 0.546. The molecule has 4 nitrogen and oxygen atoms in total. The van der Waals surface area contributed by atoms with Gasteiger partial charge in [-0.25, -0.2) is 9.97 Å². The molecule has 0 aliphatic carbocycles. The summed E-state index contributed by atoms with van der Waals surface area (Å²) in [5, 5.41) is 6.63. The summed E-state index contributed by atoms with van der Waals surface area (Å²) in [5.41, 5.74) is 3.23. The third-order valence-electron chi connectivity index (χ3n) is 3.89. The number of aromatic nitrogens is 3. The van der Waals surface area contributed by atoms with E-state index in [0.29, 0.717) is 5.92 Å². The number of hydrogen-bond acceptors (Lipinski definition) is 6. The molecule has 1 atom stereocenters. The van der Waals surface area contributed by atoms with Crippen molar-refractivity contribution in [2.24, 2.45) is 0 Å². The van der Waals surface area contributed by atoms with Crippen LogP contribution in [-0.2, 0) is 0 Å². The van der Waals surface area contributed by atoms with Gasteiger partial charge in [-0.3, -0.25) is 4.98 Å². The van der Waals surface area contributed by atoms with E-state index in [-0.39, 0.29) is 0 Å². The molecule has 3 aromatic heterocycles. The van der Waals surface area contributed by atoms with Crippen LogP contribution in [0, 0.1) is 6.92 Å². The minimum Gasteiger partial charge on any atom is -0.347 e.